The van der Waals surface area contributed by atoms with Crippen molar-refractivity contribution in [3.8, 4) is 0 Å². The highest BCUT2D eigenvalue weighted by Crippen LogP contribution is 2.35. The van der Waals surface area contributed by atoms with Crippen molar-refractivity contribution in [3.63, 3.8) is 0 Å². The van der Waals surface area contributed by atoms with E-state index in [4.69, 9.17) is 33.5 Å². The summed E-state index contributed by atoms with van der Waals surface area (Å²) in [7, 11) is -4.60. The van der Waals surface area contributed by atoms with Gasteiger partial charge in [-0.05, 0) is 19.3 Å². The molecule has 15 nitrogen and oxygen atoms in total. The number of hydrogen-bond acceptors (Lipinski definition) is 11. The first-order valence-electron chi connectivity index (χ1n) is 11.6. The topological polar surface area (TPSA) is 212 Å². The van der Waals surface area contributed by atoms with Crippen LogP contribution in [0, 0.1) is 0 Å². The molecule has 2 amide bonds. The second-order valence-electron chi connectivity index (χ2n) is 7.44. The number of rotatable bonds is 25. The van der Waals surface area contributed by atoms with Gasteiger partial charge < -0.3 is 54.3 Å². The number of phosphoric ester groups is 1. The van der Waals surface area contributed by atoms with E-state index in [-0.39, 0.29) is 32.3 Å². The summed E-state index contributed by atoms with van der Waals surface area (Å²) >= 11 is 0. The quantitative estimate of drug-likeness (QED) is 0.0442. The van der Waals surface area contributed by atoms with Crippen molar-refractivity contribution >= 4 is 19.6 Å². The van der Waals surface area contributed by atoms with Gasteiger partial charge in [0.15, 0.2) is 0 Å². The number of phosphoric acid groups is 1. The van der Waals surface area contributed by atoms with Crippen molar-refractivity contribution < 1.29 is 62.4 Å². The molecule has 214 valence electrons. The molecule has 0 rings (SSSR count). The highest BCUT2D eigenvalue weighted by atomic mass is 31.2. The van der Waals surface area contributed by atoms with Crippen LogP contribution in [-0.4, -0.2) is 117 Å². The predicted octanol–water partition coefficient (Wildman–Crippen LogP) is -1.37. The second-order valence-corrected chi connectivity index (χ2v) is 8.68. The summed E-state index contributed by atoms with van der Waals surface area (Å²) in [6, 6.07) is 0. The van der Waals surface area contributed by atoms with Crippen LogP contribution in [0.4, 0.5) is 0 Å². The molecule has 0 bridgehead atoms. The number of unbranched alkanes of at least 4 members (excludes halogenated alkanes) is 1. The van der Waals surface area contributed by atoms with Crippen LogP contribution in [0.3, 0.4) is 0 Å². The molecule has 0 saturated carbocycles. The van der Waals surface area contributed by atoms with Crippen LogP contribution in [0.1, 0.15) is 32.6 Å². The lowest BCUT2D eigenvalue weighted by Crippen LogP contribution is -2.35. The number of hydrogen-bond donors (Lipinski definition) is 6. The smallest absolute Gasteiger partial charge is 0.388 e. The molecular formula is C20H41N2O13P. The van der Waals surface area contributed by atoms with Gasteiger partial charge in [0, 0.05) is 26.5 Å². The van der Waals surface area contributed by atoms with E-state index >= 15 is 0 Å². The summed E-state index contributed by atoms with van der Waals surface area (Å²) in [6.45, 7) is 3.83. The first kappa shape index (κ1) is 34.8. The molecule has 0 aliphatic heterocycles. The fourth-order valence-corrected chi connectivity index (χ4v) is 2.77. The lowest BCUT2D eigenvalue weighted by molar-refractivity contribution is -0.145. The lowest BCUT2D eigenvalue weighted by atomic mass is 10.2. The van der Waals surface area contributed by atoms with Gasteiger partial charge in [-0.3, -0.25) is 14.1 Å². The van der Waals surface area contributed by atoms with Crippen molar-refractivity contribution in [2.24, 2.45) is 0 Å². The zero-order valence-electron chi connectivity index (χ0n) is 20.7. The lowest BCUT2D eigenvalue weighted by Gasteiger charge is -2.12. The molecule has 0 aromatic heterocycles. The molecule has 6 N–H and O–H groups in total. The van der Waals surface area contributed by atoms with Crippen LogP contribution in [0.25, 0.3) is 0 Å². The van der Waals surface area contributed by atoms with Gasteiger partial charge in [-0.25, -0.2) is 4.57 Å². The van der Waals surface area contributed by atoms with Crippen LogP contribution in [0.2, 0.25) is 0 Å². The van der Waals surface area contributed by atoms with Crippen molar-refractivity contribution in [3.05, 3.63) is 0 Å². The molecule has 0 aromatic rings. The van der Waals surface area contributed by atoms with E-state index in [0.29, 0.717) is 65.3 Å². The monoisotopic (exact) mass is 548 g/mol. The molecule has 0 heterocycles. The molecule has 1 unspecified atom stereocenters. The van der Waals surface area contributed by atoms with Crippen molar-refractivity contribution in [1.29, 1.82) is 0 Å². The largest absolute Gasteiger partial charge is 0.469 e. The first-order valence-corrected chi connectivity index (χ1v) is 13.2. The van der Waals surface area contributed by atoms with Crippen LogP contribution in [0.5, 0.6) is 0 Å². The Hall–Kier alpha value is -1.23. The number of ether oxygens (including phenoxy) is 5. The van der Waals surface area contributed by atoms with Gasteiger partial charge in [-0.15, -0.1) is 0 Å². The molecule has 0 spiro atoms. The predicted molar refractivity (Wildman–Crippen MR) is 125 cm³/mol. The summed E-state index contributed by atoms with van der Waals surface area (Å²) in [4.78, 5) is 39.4. The van der Waals surface area contributed by atoms with E-state index in [1.807, 2.05) is 0 Å². The van der Waals surface area contributed by atoms with Gasteiger partial charge in [-0.1, -0.05) is 0 Å². The van der Waals surface area contributed by atoms with Crippen molar-refractivity contribution in [2.75, 3.05) is 72.6 Å². The van der Waals surface area contributed by atoms with Crippen molar-refractivity contribution in [1.82, 2.24) is 10.6 Å². The van der Waals surface area contributed by atoms with E-state index in [9.17, 15) is 24.4 Å². The molecule has 0 radical (unpaired) electrons. The third-order valence-electron chi connectivity index (χ3n) is 4.05. The Balaban J connectivity index is 3.29. The molecular weight excluding hydrogens is 507 g/mol. The standard InChI is InChI=1S/C20H41N2O13P/c1-17(23)22-20(26)34-8-3-2-5-19(25)21-6-4-7-30-9-10-31-11-12-32-13-14-33-15-18(24)16-35-36(27,28)29/h18,20,24,26H,2-16H2,1H3,(H,21,25)(H,22,23)(H2,27,28,29)/t18-,20?/m1/s1. The zero-order chi connectivity index (χ0) is 27.1. The molecule has 2 atom stereocenters. The average Bonchev–Trinajstić information content (AvgIpc) is 2.79. The molecule has 0 saturated heterocycles. The Labute approximate surface area is 211 Å². The molecule has 0 aromatic carbocycles. The minimum Gasteiger partial charge on any atom is -0.388 e. The van der Waals surface area contributed by atoms with E-state index in [0.717, 1.165) is 0 Å². The molecule has 0 fully saturated rings. The fourth-order valence-electron chi connectivity index (χ4n) is 2.40. The summed E-state index contributed by atoms with van der Waals surface area (Å²) < 4.78 is 40.7. The van der Waals surface area contributed by atoms with Gasteiger partial charge in [0.05, 0.1) is 59.5 Å². The maximum Gasteiger partial charge on any atom is 0.469 e. The van der Waals surface area contributed by atoms with Gasteiger partial charge in [0.1, 0.15) is 6.10 Å². The van der Waals surface area contributed by atoms with Gasteiger partial charge in [-0.2, -0.15) is 0 Å². The summed E-state index contributed by atoms with van der Waals surface area (Å²) in [5.74, 6) is -0.465. The Kier molecular flexibility index (Phi) is 22.1. The number of aliphatic hydroxyl groups is 2. The first-order chi connectivity index (χ1) is 17.1. The van der Waals surface area contributed by atoms with Gasteiger partial charge >= 0.3 is 7.82 Å². The minimum absolute atomic E-state index is 0.0729. The Morgan fingerprint density at radius 2 is 1.39 bits per heavy atom. The second kappa shape index (κ2) is 22.9. The summed E-state index contributed by atoms with van der Waals surface area (Å²) in [5, 5.41) is 23.7. The summed E-state index contributed by atoms with van der Waals surface area (Å²) in [5.41, 5.74) is 0. The van der Waals surface area contributed by atoms with E-state index < -0.39 is 32.9 Å². The third kappa shape index (κ3) is 27.4. The molecule has 36 heavy (non-hydrogen) atoms. The van der Waals surface area contributed by atoms with Gasteiger partial charge in [0.25, 0.3) is 0 Å². The maximum absolute atomic E-state index is 11.7. The van der Waals surface area contributed by atoms with E-state index in [2.05, 4.69) is 15.2 Å². The number of amides is 2. The number of aliphatic hydroxyl groups excluding tert-OH is 2. The number of carbonyl (C=O) groups is 2. The Morgan fingerprint density at radius 3 is 1.97 bits per heavy atom. The Morgan fingerprint density at radius 1 is 0.806 bits per heavy atom. The van der Waals surface area contributed by atoms with Crippen LogP contribution < -0.4 is 10.6 Å². The van der Waals surface area contributed by atoms with Crippen LogP contribution in [0.15, 0.2) is 0 Å². The average molecular weight is 549 g/mol. The molecule has 0 aliphatic rings. The highest BCUT2D eigenvalue weighted by molar-refractivity contribution is 7.46. The minimum atomic E-state index is -4.60. The van der Waals surface area contributed by atoms with Gasteiger partial charge in [0.2, 0.25) is 18.2 Å². The molecule has 16 heteroatoms. The van der Waals surface area contributed by atoms with Crippen LogP contribution in [-0.2, 0) is 42.4 Å². The van der Waals surface area contributed by atoms with Crippen LogP contribution >= 0.6 is 7.82 Å². The summed E-state index contributed by atoms with van der Waals surface area (Å²) in [6.07, 6.45) is -0.282. The van der Waals surface area contributed by atoms with Crippen molar-refractivity contribution in [2.45, 2.75) is 45.1 Å². The number of carbonyl (C=O) groups excluding carboxylic acids is 2. The SMILES string of the molecule is CC(=O)NC(O)OCCCCC(=O)NCCCOCCOCCOCCOC[C@@H](O)COP(=O)(O)O. The number of nitrogens with one attached hydrogen (secondary N) is 2. The Bertz CT molecular complexity index is 608. The normalized spacial score (nSPS) is 13.4. The van der Waals surface area contributed by atoms with E-state index in [1.54, 1.807) is 0 Å². The fraction of sp³-hybridized carbons (Fsp3) is 0.900. The third-order valence-corrected chi connectivity index (χ3v) is 4.54. The maximum atomic E-state index is 11.7. The molecule has 0 aliphatic carbocycles. The highest BCUT2D eigenvalue weighted by Gasteiger charge is 2.16. The van der Waals surface area contributed by atoms with E-state index in [1.165, 1.54) is 6.92 Å². The zero-order valence-corrected chi connectivity index (χ0v) is 21.6.